The maximum absolute atomic E-state index is 12.0. The first-order chi connectivity index (χ1) is 7.06. The molecule has 2 N–H and O–H groups in total. The van der Waals surface area contributed by atoms with Crippen molar-refractivity contribution in [3.05, 3.63) is 0 Å². The average Bonchev–Trinajstić information content (AvgIpc) is 2.16. The molecule has 1 saturated heterocycles. The summed E-state index contributed by atoms with van der Waals surface area (Å²) in [6, 6.07) is 0.269. The van der Waals surface area contributed by atoms with Gasteiger partial charge in [0, 0.05) is 25.6 Å². The Bertz CT molecular complexity index is 216. The molecule has 0 bridgehead atoms. The molecule has 0 aromatic carbocycles. The van der Waals surface area contributed by atoms with E-state index in [-0.39, 0.29) is 11.9 Å². The SMILES string of the molecule is CC(C)CC(=O)N1CCCC(C)C1CN. The number of rotatable bonds is 3. The average molecular weight is 212 g/mol. The third kappa shape index (κ3) is 3.20. The summed E-state index contributed by atoms with van der Waals surface area (Å²) in [5, 5.41) is 0. The van der Waals surface area contributed by atoms with Crippen molar-refractivity contribution in [2.24, 2.45) is 17.6 Å². The van der Waals surface area contributed by atoms with E-state index in [1.165, 1.54) is 6.42 Å². The van der Waals surface area contributed by atoms with E-state index in [4.69, 9.17) is 5.73 Å². The van der Waals surface area contributed by atoms with Gasteiger partial charge in [-0.05, 0) is 24.7 Å². The smallest absolute Gasteiger partial charge is 0.223 e. The maximum Gasteiger partial charge on any atom is 0.223 e. The van der Waals surface area contributed by atoms with Crippen LogP contribution < -0.4 is 5.73 Å². The zero-order valence-electron chi connectivity index (χ0n) is 10.2. The van der Waals surface area contributed by atoms with Gasteiger partial charge in [-0.15, -0.1) is 0 Å². The van der Waals surface area contributed by atoms with Crippen LogP contribution in [0.25, 0.3) is 0 Å². The number of likely N-dealkylation sites (tertiary alicyclic amines) is 1. The van der Waals surface area contributed by atoms with Gasteiger partial charge in [-0.3, -0.25) is 4.79 Å². The van der Waals surface area contributed by atoms with Gasteiger partial charge in [-0.25, -0.2) is 0 Å². The number of nitrogens with zero attached hydrogens (tertiary/aromatic N) is 1. The van der Waals surface area contributed by atoms with E-state index in [2.05, 4.69) is 20.8 Å². The van der Waals surface area contributed by atoms with Crippen LogP contribution in [0.1, 0.15) is 40.0 Å². The third-order valence-electron chi connectivity index (χ3n) is 3.26. The molecule has 1 heterocycles. The summed E-state index contributed by atoms with van der Waals surface area (Å²) in [6.07, 6.45) is 2.98. The van der Waals surface area contributed by atoms with Crippen LogP contribution in [0.15, 0.2) is 0 Å². The minimum absolute atomic E-state index is 0.269. The molecule has 1 amide bonds. The lowest BCUT2D eigenvalue weighted by molar-refractivity contribution is -0.136. The molecule has 1 aliphatic heterocycles. The Morgan fingerprint density at radius 3 is 2.73 bits per heavy atom. The molecule has 0 saturated carbocycles. The summed E-state index contributed by atoms with van der Waals surface area (Å²) < 4.78 is 0. The van der Waals surface area contributed by atoms with Crippen molar-refractivity contribution in [2.75, 3.05) is 13.1 Å². The lowest BCUT2D eigenvalue weighted by Gasteiger charge is -2.39. The number of nitrogens with two attached hydrogens (primary N) is 1. The summed E-state index contributed by atoms with van der Waals surface area (Å²) in [5.41, 5.74) is 5.76. The second-order valence-corrected chi connectivity index (χ2v) is 5.11. The lowest BCUT2D eigenvalue weighted by Crippen LogP contribution is -2.51. The molecule has 3 nitrogen and oxygen atoms in total. The monoisotopic (exact) mass is 212 g/mol. The van der Waals surface area contributed by atoms with Gasteiger partial charge in [0.25, 0.3) is 0 Å². The van der Waals surface area contributed by atoms with Crippen LogP contribution in [0.4, 0.5) is 0 Å². The first-order valence-corrected chi connectivity index (χ1v) is 6.05. The van der Waals surface area contributed by atoms with Crippen molar-refractivity contribution in [1.82, 2.24) is 4.90 Å². The van der Waals surface area contributed by atoms with Gasteiger partial charge in [0.1, 0.15) is 0 Å². The molecule has 15 heavy (non-hydrogen) atoms. The maximum atomic E-state index is 12.0. The van der Waals surface area contributed by atoms with Crippen LogP contribution in [0.2, 0.25) is 0 Å². The van der Waals surface area contributed by atoms with Crippen LogP contribution in [0.5, 0.6) is 0 Å². The fraction of sp³-hybridized carbons (Fsp3) is 0.917. The first kappa shape index (κ1) is 12.5. The highest BCUT2D eigenvalue weighted by molar-refractivity contribution is 5.76. The number of piperidine rings is 1. The van der Waals surface area contributed by atoms with Crippen molar-refractivity contribution >= 4 is 5.91 Å². The highest BCUT2D eigenvalue weighted by atomic mass is 16.2. The molecule has 1 fully saturated rings. The van der Waals surface area contributed by atoms with Gasteiger partial charge in [-0.2, -0.15) is 0 Å². The van der Waals surface area contributed by atoms with Gasteiger partial charge in [0.05, 0.1) is 0 Å². The molecule has 1 aliphatic rings. The third-order valence-corrected chi connectivity index (χ3v) is 3.26. The first-order valence-electron chi connectivity index (χ1n) is 6.05. The highest BCUT2D eigenvalue weighted by Crippen LogP contribution is 2.23. The summed E-state index contributed by atoms with van der Waals surface area (Å²) in [6.45, 7) is 7.88. The van der Waals surface area contributed by atoms with Gasteiger partial charge >= 0.3 is 0 Å². The molecule has 0 radical (unpaired) electrons. The zero-order valence-corrected chi connectivity index (χ0v) is 10.2. The van der Waals surface area contributed by atoms with Crippen molar-refractivity contribution in [2.45, 2.75) is 46.1 Å². The quantitative estimate of drug-likeness (QED) is 0.772. The molecule has 1 rings (SSSR count). The molecule has 88 valence electrons. The van der Waals surface area contributed by atoms with Crippen LogP contribution in [-0.4, -0.2) is 29.9 Å². The Hall–Kier alpha value is -0.570. The van der Waals surface area contributed by atoms with Crippen LogP contribution in [0.3, 0.4) is 0 Å². The Morgan fingerprint density at radius 1 is 1.53 bits per heavy atom. The Morgan fingerprint density at radius 2 is 2.20 bits per heavy atom. The van der Waals surface area contributed by atoms with Gasteiger partial charge < -0.3 is 10.6 Å². The molecule has 2 unspecified atom stereocenters. The summed E-state index contributed by atoms with van der Waals surface area (Å²) in [5.74, 6) is 1.28. The Kier molecular flexibility index (Phi) is 4.58. The topological polar surface area (TPSA) is 46.3 Å². The van der Waals surface area contributed by atoms with E-state index in [1.54, 1.807) is 0 Å². The number of hydrogen-bond donors (Lipinski definition) is 1. The summed E-state index contributed by atoms with van der Waals surface area (Å²) in [7, 11) is 0. The van der Waals surface area contributed by atoms with Crippen molar-refractivity contribution in [3.63, 3.8) is 0 Å². The Labute approximate surface area is 93.0 Å². The van der Waals surface area contributed by atoms with Crippen LogP contribution in [-0.2, 0) is 4.79 Å². The zero-order chi connectivity index (χ0) is 11.4. The van der Waals surface area contributed by atoms with E-state index in [9.17, 15) is 4.79 Å². The van der Waals surface area contributed by atoms with E-state index >= 15 is 0 Å². The predicted octanol–water partition coefficient (Wildman–Crippen LogP) is 1.62. The molecule has 0 aliphatic carbocycles. The standard InChI is InChI=1S/C12H24N2O/c1-9(2)7-12(15)14-6-4-5-10(3)11(14)8-13/h9-11H,4-8,13H2,1-3H3. The Balaban J connectivity index is 2.61. The predicted molar refractivity (Wildman–Crippen MR) is 62.4 cm³/mol. The fourth-order valence-corrected chi connectivity index (χ4v) is 2.38. The van der Waals surface area contributed by atoms with E-state index in [1.807, 2.05) is 4.90 Å². The van der Waals surface area contributed by atoms with Gasteiger partial charge in [-0.1, -0.05) is 20.8 Å². The van der Waals surface area contributed by atoms with Gasteiger partial charge in [0.15, 0.2) is 0 Å². The molecule has 2 atom stereocenters. The lowest BCUT2D eigenvalue weighted by atomic mass is 9.90. The van der Waals surface area contributed by atoms with Crippen molar-refractivity contribution < 1.29 is 4.79 Å². The van der Waals surface area contributed by atoms with Crippen molar-refractivity contribution in [3.8, 4) is 0 Å². The number of hydrogen-bond acceptors (Lipinski definition) is 2. The van der Waals surface area contributed by atoms with E-state index < -0.39 is 0 Å². The minimum Gasteiger partial charge on any atom is -0.338 e. The second kappa shape index (κ2) is 5.50. The molecule has 3 heteroatoms. The largest absolute Gasteiger partial charge is 0.338 e. The van der Waals surface area contributed by atoms with E-state index in [0.29, 0.717) is 24.8 Å². The molecular weight excluding hydrogens is 188 g/mol. The van der Waals surface area contributed by atoms with Crippen LogP contribution in [0, 0.1) is 11.8 Å². The highest BCUT2D eigenvalue weighted by Gasteiger charge is 2.30. The number of carbonyl (C=O) groups is 1. The fourth-order valence-electron chi connectivity index (χ4n) is 2.38. The van der Waals surface area contributed by atoms with Crippen LogP contribution >= 0.6 is 0 Å². The normalized spacial score (nSPS) is 27.1. The molecular formula is C12H24N2O. The number of amides is 1. The minimum atomic E-state index is 0.269. The van der Waals surface area contributed by atoms with E-state index in [0.717, 1.165) is 13.0 Å². The summed E-state index contributed by atoms with van der Waals surface area (Å²) in [4.78, 5) is 14.0. The number of carbonyl (C=O) groups excluding carboxylic acids is 1. The van der Waals surface area contributed by atoms with Crippen molar-refractivity contribution in [1.29, 1.82) is 0 Å². The molecule has 0 aromatic rings. The second-order valence-electron chi connectivity index (χ2n) is 5.11. The summed E-state index contributed by atoms with van der Waals surface area (Å²) >= 11 is 0. The van der Waals surface area contributed by atoms with Gasteiger partial charge in [0.2, 0.25) is 5.91 Å². The molecule has 0 aromatic heterocycles. The molecule has 0 spiro atoms.